The number of para-hydroxylation sites is 1. The van der Waals surface area contributed by atoms with Gasteiger partial charge in [0.05, 0.1) is 12.1 Å². The molecule has 0 aliphatic rings. The minimum absolute atomic E-state index is 0.0927. The third kappa shape index (κ3) is 2.24. The van der Waals surface area contributed by atoms with Crippen LogP contribution in [0.3, 0.4) is 0 Å². The molecule has 2 heterocycles. The molecule has 0 saturated heterocycles. The molecule has 0 amide bonds. The number of methoxy groups -OCH3 is 1. The molecule has 0 bridgehead atoms. The number of H-pyrrole nitrogens is 1. The highest BCUT2D eigenvalue weighted by Gasteiger charge is 2.26. The van der Waals surface area contributed by atoms with Crippen molar-refractivity contribution in [2.45, 2.75) is 10.1 Å². The van der Waals surface area contributed by atoms with Crippen LogP contribution in [0.4, 0.5) is 0 Å². The van der Waals surface area contributed by atoms with Crippen LogP contribution in [0, 0.1) is 0 Å². The van der Waals surface area contributed by atoms with Crippen LogP contribution in [0.2, 0.25) is 5.02 Å². The number of aromatic nitrogens is 3. The van der Waals surface area contributed by atoms with Gasteiger partial charge in [-0.1, -0.05) is 29.8 Å². The molecule has 2 aromatic heterocycles. The van der Waals surface area contributed by atoms with Gasteiger partial charge in [0.25, 0.3) is 0 Å². The minimum atomic E-state index is -3.87. The molecule has 1 aromatic carbocycles. The molecule has 3 aromatic rings. The molecule has 108 valence electrons. The first-order valence-corrected chi connectivity index (χ1v) is 7.79. The smallest absolute Gasteiger partial charge is 0.242 e. The molecule has 1 N–H and O–H groups in total. The first-order chi connectivity index (χ1) is 10.0. The second-order valence-electron chi connectivity index (χ2n) is 4.23. The van der Waals surface area contributed by atoms with Crippen molar-refractivity contribution < 1.29 is 13.2 Å². The third-order valence-electron chi connectivity index (χ3n) is 2.98. The van der Waals surface area contributed by atoms with Crippen LogP contribution >= 0.6 is 11.6 Å². The van der Waals surface area contributed by atoms with Gasteiger partial charge in [-0.2, -0.15) is 0 Å². The molecular formula is C13H10ClN3O3S. The molecule has 0 fully saturated rings. The van der Waals surface area contributed by atoms with E-state index >= 15 is 0 Å². The fourth-order valence-corrected chi connectivity index (χ4v) is 3.64. The number of benzene rings is 1. The number of nitrogens with one attached hydrogen (secondary N) is 1. The molecule has 0 aliphatic heterocycles. The SMILES string of the molecule is COc1ccc(S(=O)(=O)c2[nH]c3ccccc3c2Cl)nn1. The van der Waals surface area contributed by atoms with Crippen molar-refractivity contribution >= 4 is 32.3 Å². The molecule has 8 heteroatoms. The van der Waals surface area contributed by atoms with Gasteiger partial charge >= 0.3 is 0 Å². The Morgan fingerprint density at radius 3 is 2.52 bits per heavy atom. The molecular weight excluding hydrogens is 314 g/mol. The Morgan fingerprint density at radius 1 is 1.14 bits per heavy atom. The van der Waals surface area contributed by atoms with Crippen molar-refractivity contribution in [1.82, 2.24) is 15.2 Å². The van der Waals surface area contributed by atoms with Crippen molar-refractivity contribution in [2.75, 3.05) is 7.11 Å². The Morgan fingerprint density at radius 2 is 1.90 bits per heavy atom. The number of ether oxygens (including phenoxy) is 1. The van der Waals surface area contributed by atoms with Crippen molar-refractivity contribution in [3.63, 3.8) is 0 Å². The molecule has 3 rings (SSSR count). The Balaban J connectivity index is 2.17. The molecule has 0 saturated carbocycles. The van der Waals surface area contributed by atoms with Crippen LogP contribution < -0.4 is 4.74 Å². The average molecular weight is 324 g/mol. The molecule has 0 radical (unpaired) electrons. The van der Waals surface area contributed by atoms with Gasteiger partial charge in [0.15, 0.2) is 10.1 Å². The lowest BCUT2D eigenvalue weighted by Gasteiger charge is -2.02. The summed E-state index contributed by atoms with van der Waals surface area (Å²) in [5.41, 5.74) is 0.641. The standard InChI is InChI=1S/C13H10ClN3O3S/c1-20-10-6-7-11(17-16-10)21(18,19)13-12(14)8-4-2-3-5-9(8)15-13/h2-7,15H,1H3. The second-order valence-corrected chi connectivity index (χ2v) is 6.44. The maximum atomic E-state index is 12.6. The van der Waals surface area contributed by atoms with Crippen molar-refractivity contribution in [2.24, 2.45) is 0 Å². The highest BCUT2D eigenvalue weighted by Crippen LogP contribution is 2.32. The van der Waals surface area contributed by atoms with Gasteiger partial charge < -0.3 is 9.72 Å². The normalized spacial score (nSPS) is 11.7. The van der Waals surface area contributed by atoms with E-state index < -0.39 is 9.84 Å². The summed E-state index contributed by atoms with van der Waals surface area (Å²) in [6.07, 6.45) is 0. The van der Waals surface area contributed by atoms with Crippen LogP contribution in [0.25, 0.3) is 10.9 Å². The summed E-state index contributed by atoms with van der Waals surface area (Å²) in [4.78, 5) is 2.81. The lowest BCUT2D eigenvalue weighted by Crippen LogP contribution is -2.07. The fourth-order valence-electron chi connectivity index (χ4n) is 1.93. The van der Waals surface area contributed by atoms with Crippen LogP contribution in [0.5, 0.6) is 5.88 Å². The summed E-state index contributed by atoms with van der Waals surface area (Å²) in [5.74, 6) is 0.233. The molecule has 0 aliphatic carbocycles. The topological polar surface area (TPSA) is 84.9 Å². The summed E-state index contributed by atoms with van der Waals surface area (Å²) in [6.45, 7) is 0. The predicted octanol–water partition coefficient (Wildman–Crippen LogP) is 2.45. The van der Waals surface area contributed by atoms with Gasteiger partial charge in [0.2, 0.25) is 15.7 Å². The molecule has 6 nitrogen and oxygen atoms in total. The molecule has 0 atom stereocenters. The van der Waals surface area contributed by atoms with E-state index in [1.54, 1.807) is 24.3 Å². The van der Waals surface area contributed by atoms with E-state index in [2.05, 4.69) is 15.2 Å². The summed E-state index contributed by atoms with van der Waals surface area (Å²) in [7, 11) is -2.45. The lowest BCUT2D eigenvalue weighted by atomic mass is 10.2. The van der Waals surface area contributed by atoms with E-state index in [0.29, 0.717) is 10.9 Å². The Bertz CT molecular complexity index is 904. The number of fused-ring (bicyclic) bond motifs is 1. The maximum Gasteiger partial charge on any atom is 0.242 e. The molecule has 0 spiro atoms. The lowest BCUT2D eigenvalue weighted by molar-refractivity contribution is 0.389. The first-order valence-electron chi connectivity index (χ1n) is 5.93. The maximum absolute atomic E-state index is 12.6. The number of aromatic amines is 1. The van der Waals surface area contributed by atoms with Gasteiger partial charge in [-0.3, -0.25) is 0 Å². The van der Waals surface area contributed by atoms with Crippen molar-refractivity contribution in [3.8, 4) is 5.88 Å². The minimum Gasteiger partial charge on any atom is -0.480 e. The number of nitrogens with zero attached hydrogens (tertiary/aromatic N) is 2. The highest BCUT2D eigenvalue weighted by atomic mass is 35.5. The summed E-state index contributed by atoms with van der Waals surface area (Å²) in [6, 6.07) is 9.82. The van der Waals surface area contributed by atoms with Gasteiger partial charge in [-0.15, -0.1) is 10.2 Å². The summed E-state index contributed by atoms with van der Waals surface area (Å²) >= 11 is 6.17. The molecule has 0 unspecified atom stereocenters. The second kappa shape index (κ2) is 5.01. The quantitative estimate of drug-likeness (QED) is 0.800. The van der Waals surface area contributed by atoms with Gasteiger partial charge in [0, 0.05) is 17.0 Å². The average Bonchev–Trinajstić information content (AvgIpc) is 2.86. The van der Waals surface area contributed by atoms with Crippen molar-refractivity contribution in [3.05, 3.63) is 41.4 Å². The largest absolute Gasteiger partial charge is 0.480 e. The van der Waals surface area contributed by atoms with E-state index in [-0.39, 0.29) is 21.0 Å². The number of rotatable bonds is 3. The number of halogens is 1. The van der Waals surface area contributed by atoms with E-state index in [0.717, 1.165) is 0 Å². The zero-order valence-electron chi connectivity index (χ0n) is 10.9. The monoisotopic (exact) mass is 323 g/mol. The van der Waals surface area contributed by atoms with Crippen LogP contribution in [-0.4, -0.2) is 30.7 Å². The Hall–Kier alpha value is -2.12. The number of sulfone groups is 1. The Labute approximate surface area is 125 Å². The number of hydrogen-bond donors (Lipinski definition) is 1. The summed E-state index contributed by atoms with van der Waals surface area (Å²) < 4.78 is 30.0. The fraction of sp³-hybridized carbons (Fsp3) is 0.0769. The summed E-state index contributed by atoms with van der Waals surface area (Å²) in [5, 5.41) is 7.82. The van der Waals surface area contributed by atoms with E-state index in [4.69, 9.17) is 16.3 Å². The van der Waals surface area contributed by atoms with Crippen molar-refractivity contribution in [1.29, 1.82) is 0 Å². The zero-order valence-corrected chi connectivity index (χ0v) is 12.4. The van der Waals surface area contributed by atoms with Gasteiger partial charge in [-0.25, -0.2) is 8.42 Å². The third-order valence-corrected chi connectivity index (χ3v) is 5.10. The predicted molar refractivity (Wildman–Crippen MR) is 77.3 cm³/mol. The Kier molecular flexibility index (Phi) is 3.30. The van der Waals surface area contributed by atoms with Gasteiger partial charge in [0.1, 0.15) is 0 Å². The van der Waals surface area contributed by atoms with Crippen LogP contribution in [0.15, 0.2) is 46.5 Å². The van der Waals surface area contributed by atoms with E-state index in [1.165, 1.54) is 19.2 Å². The van der Waals surface area contributed by atoms with E-state index in [1.807, 2.05) is 0 Å². The van der Waals surface area contributed by atoms with E-state index in [9.17, 15) is 8.42 Å². The number of hydrogen-bond acceptors (Lipinski definition) is 5. The highest BCUT2D eigenvalue weighted by molar-refractivity contribution is 7.91. The first kappa shape index (κ1) is 13.8. The zero-order chi connectivity index (χ0) is 15.0. The van der Waals surface area contributed by atoms with Gasteiger partial charge in [-0.05, 0) is 12.1 Å². The van der Waals surface area contributed by atoms with Crippen LogP contribution in [0.1, 0.15) is 0 Å². The molecule has 21 heavy (non-hydrogen) atoms. The van der Waals surface area contributed by atoms with Crippen LogP contribution in [-0.2, 0) is 9.84 Å².